The Labute approximate surface area is 246 Å². The molecule has 0 aliphatic heterocycles. The minimum Gasteiger partial charge on any atom is -0.249 e. The van der Waals surface area contributed by atoms with Crippen molar-refractivity contribution in [2.24, 2.45) is 7.05 Å². The van der Waals surface area contributed by atoms with Crippen LogP contribution in [0.1, 0.15) is 71.8 Å². The molecule has 41 heavy (non-hydrogen) atoms. The van der Waals surface area contributed by atoms with Gasteiger partial charge in [0.25, 0.3) is 0 Å². The number of nitrogens with zero attached hydrogens (tertiary/aromatic N) is 3. The van der Waals surface area contributed by atoms with Crippen LogP contribution in [0.2, 0.25) is 0 Å². The first kappa shape index (κ1) is 28.5. The van der Waals surface area contributed by atoms with E-state index in [4.69, 9.17) is 4.98 Å². The minimum absolute atomic E-state index is 0.123. The molecule has 0 N–H and O–H groups in total. The van der Waals surface area contributed by atoms with E-state index in [0.29, 0.717) is 0 Å². The van der Waals surface area contributed by atoms with E-state index >= 15 is 0 Å². The molecule has 1 aromatic heterocycles. The Morgan fingerprint density at radius 3 is 1.46 bits per heavy atom. The van der Waals surface area contributed by atoms with Gasteiger partial charge in [0.1, 0.15) is 0 Å². The smallest absolute Gasteiger partial charge is 0.158 e. The van der Waals surface area contributed by atoms with E-state index in [1.807, 2.05) is 11.7 Å². The summed E-state index contributed by atoms with van der Waals surface area (Å²) in [6.45, 7) is 15.7. The van der Waals surface area contributed by atoms with Gasteiger partial charge in [-0.1, -0.05) is 115 Å². The van der Waals surface area contributed by atoms with Crippen molar-refractivity contribution in [1.82, 2.24) is 14.8 Å². The molecule has 0 spiro atoms. The molecule has 3 nitrogen and oxygen atoms in total. The molecule has 0 radical (unpaired) electrons. The van der Waals surface area contributed by atoms with Crippen LogP contribution < -0.4 is 0 Å². The molecule has 0 atom stereocenters. The summed E-state index contributed by atoms with van der Waals surface area (Å²) in [7, 11) is 1.98. The summed E-state index contributed by atoms with van der Waals surface area (Å²) in [5, 5.41) is 4.64. The largest absolute Gasteiger partial charge is 0.249 e. The molecule has 0 amide bonds. The second-order valence-corrected chi connectivity index (χ2v) is 13.3. The fourth-order valence-corrected chi connectivity index (χ4v) is 5.31. The van der Waals surface area contributed by atoms with E-state index in [2.05, 4.69) is 145 Å². The minimum atomic E-state index is 0.123. The van der Waals surface area contributed by atoms with E-state index in [1.54, 1.807) is 0 Å². The van der Waals surface area contributed by atoms with Crippen molar-refractivity contribution in [1.29, 1.82) is 0 Å². The molecule has 1 heterocycles. The summed E-state index contributed by atoms with van der Waals surface area (Å²) >= 11 is 0. The summed E-state index contributed by atoms with van der Waals surface area (Å²) < 4.78 is 1.90. The zero-order chi connectivity index (χ0) is 29.4. The number of hydrogen-bond donors (Lipinski definition) is 0. The summed E-state index contributed by atoms with van der Waals surface area (Å²) in [6, 6.07) is 33.8. The molecular weight excluding hydrogens is 498 g/mol. The van der Waals surface area contributed by atoms with Crippen molar-refractivity contribution < 1.29 is 0 Å². The van der Waals surface area contributed by atoms with Crippen molar-refractivity contribution in [3.8, 4) is 44.8 Å². The third kappa shape index (κ3) is 6.35. The lowest BCUT2D eigenvalue weighted by Gasteiger charge is -2.20. The first-order chi connectivity index (χ1) is 19.4. The van der Waals surface area contributed by atoms with E-state index in [9.17, 15) is 0 Å². The molecule has 3 heteroatoms. The second kappa shape index (κ2) is 11.1. The van der Waals surface area contributed by atoms with Crippen LogP contribution in [-0.2, 0) is 24.3 Å². The molecule has 4 aromatic carbocycles. The van der Waals surface area contributed by atoms with Gasteiger partial charge < -0.3 is 0 Å². The summed E-state index contributed by atoms with van der Waals surface area (Å²) in [6.07, 6.45) is 1.92. The number of rotatable bonds is 6. The third-order valence-electron chi connectivity index (χ3n) is 7.84. The first-order valence-corrected chi connectivity index (χ1v) is 14.8. The van der Waals surface area contributed by atoms with Crippen LogP contribution in [0.3, 0.4) is 0 Å². The van der Waals surface area contributed by atoms with Gasteiger partial charge in [-0.25, -0.2) is 9.67 Å². The molecular formula is C38H43N3. The van der Waals surface area contributed by atoms with E-state index in [-0.39, 0.29) is 10.8 Å². The summed E-state index contributed by atoms with van der Waals surface area (Å²) in [4.78, 5) is 4.84. The predicted molar refractivity (Wildman–Crippen MR) is 174 cm³/mol. The maximum Gasteiger partial charge on any atom is 0.158 e. The summed E-state index contributed by atoms with van der Waals surface area (Å²) in [5.74, 6) is 1.80. The normalized spacial score (nSPS) is 12.1. The highest BCUT2D eigenvalue weighted by atomic mass is 15.3. The highest BCUT2D eigenvalue weighted by Crippen LogP contribution is 2.36. The van der Waals surface area contributed by atoms with Gasteiger partial charge in [0.15, 0.2) is 11.6 Å². The average Bonchev–Trinajstić information content (AvgIpc) is 3.32. The van der Waals surface area contributed by atoms with Crippen LogP contribution in [0.25, 0.3) is 44.8 Å². The number of hydrogen-bond acceptors (Lipinski definition) is 2. The van der Waals surface area contributed by atoms with Crippen LogP contribution in [0.15, 0.2) is 91.0 Å². The van der Waals surface area contributed by atoms with Crippen LogP contribution in [0.5, 0.6) is 0 Å². The van der Waals surface area contributed by atoms with Crippen molar-refractivity contribution in [2.45, 2.75) is 72.1 Å². The molecule has 0 bridgehead atoms. The predicted octanol–water partition coefficient (Wildman–Crippen LogP) is 10.0. The molecule has 0 aliphatic carbocycles. The van der Waals surface area contributed by atoms with Gasteiger partial charge in [0.05, 0.1) is 0 Å². The molecule has 210 valence electrons. The SMILES string of the molecule is CCCc1nc(-c2cccc(-c3cc(-c4ccc(C(C)(C)C)cc4)cc(-c4ccc(C(C)(C)C)cc4)c3)c2)n(C)n1. The molecule has 0 unspecified atom stereocenters. The lowest BCUT2D eigenvalue weighted by atomic mass is 9.85. The zero-order valence-corrected chi connectivity index (χ0v) is 25.9. The van der Waals surface area contributed by atoms with Crippen molar-refractivity contribution in [2.75, 3.05) is 0 Å². The molecule has 5 aromatic rings. The number of benzene rings is 4. The van der Waals surface area contributed by atoms with Crippen LogP contribution in [0.4, 0.5) is 0 Å². The highest BCUT2D eigenvalue weighted by molar-refractivity contribution is 5.82. The van der Waals surface area contributed by atoms with Crippen LogP contribution in [0, 0.1) is 0 Å². The quantitative estimate of drug-likeness (QED) is 0.214. The summed E-state index contributed by atoms with van der Waals surface area (Å²) in [5.41, 5.74) is 11.2. The molecule has 0 saturated heterocycles. The Hall–Kier alpha value is -3.98. The second-order valence-electron chi connectivity index (χ2n) is 13.3. The average molecular weight is 542 g/mol. The van der Waals surface area contributed by atoms with Crippen molar-refractivity contribution in [3.05, 3.63) is 108 Å². The highest BCUT2D eigenvalue weighted by Gasteiger charge is 2.16. The van der Waals surface area contributed by atoms with Crippen LogP contribution >= 0.6 is 0 Å². The Bertz CT molecular complexity index is 1560. The number of aryl methyl sites for hydroxylation is 2. The van der Waals surface area contributed by atoms with Crippen LogP contribution in [-0.4, -0.2) is 14.8 Å². The first-order valence-electron chi connectivity index (χ1n) is 14.8. The Balaban J connectivity index is 1.62. The third-order valence-corrected chi connectivity index (χ3v) is 7.84. The Kier molecular flexibility index (Phi) is 7.74. The lowest BCUT2D eigenvalue weighted by Crippen LogP contribution is -2.10. The lowest BCUT2D eigenvalue weighted by molar-refractivity contribution is 0.590. The molecule has 0 saturated carbocycles. The van der Waals surface area contributed by atoms with Gasteiger partial charge in [-0.3, -0.25) is 0 Å². The molecule has 0 aliphatic rings. The zero-order valence-electron chi connectivity index (χ0n) is 25.9. The van der Waals surface area contributed by atoms with E-state index in [1.165, 1.54) is 44.5 Å². The fourth-order valence-electron chi connectivity index (χ4n) is 5.31. The van der Waals surface area contributed by atoms with Crippen molar-refractivity contribution in [3.63, 3.8) is 0 Å². The Morgan fingerprint density at radius 1 is 0.561 bits per heavy atom. The Morgan fingerprint density at radius 2 is 1.00 bits per heavy atom. The van der Waals surface area contributed by atoms with Gasteiger partial charge >= 0.3 is 0 Å². The molecule has 5 rings (SSSR count). The van der Waals surface area contributed by atoms with Gasteiger partial charge in [-0.2, -0.15) is 5.10 Å². The van der Waals surface area contributed by atoms with E-state index < -0.39 is 0 Å². The number of aromatic nitrogens is 3. The maximum absolute atomic E-state index is 4.84. The van der Waals surface area contributed by atoms with Gasteiger partial charge in [-0.15, -0.1) is 0 Å². The topological polar surface area (TPSA) is 30.7 Å². The fraction of sp³-hybridized carbons (Fsp3) is 0.316. The van der Waals surface area contributed by atoms with E-state index in [0.717, 1.165) is 30.1 Å². The van der Waals surface area contributed by atoms with Gasteiger partial charge in [-0.05, 0) is 86.0 Å². The van der Waals surface area contributed by atoms with Crippen molar-refractivity contribution >= 4 is 0 Å². The monoisotopic (exact) mass is 541 g/mol. The molecule has 0 fully saturated rings. The standard InChI is InChI=1S/C38H43N3/c1-9-11-35-39-36(41(8)40-35)29-13-10-12-28(22-29)32-24-30(26-14-18-33(19-15-26)37(2,3)4)23-31(25-32)27-16-20-34(21-17-27)38(5,6)7/h10,12-25H,9,11H2,1-8H3. The van der Waals surface area contributed by atoms with Gasteiger partial charge in [0.2, 0.25) is 0 Å². The maximum atomic E-state index is 4.84. The van der Waals surface area contributed by atoms with Gasteiger partial charge in [0, 0.05) is 19.0 Å².